The van der Waals surface area contributed by atoms with Crippen molar-refractivity contribution >= 4 is 11.0 Å². The molecule has 2 aliphatic rings. The number of aromatic nitrogens is 6. The van der Waals surface area contributed by atoms with Gasteiger partial charge in [-0.1, -0.05) is 6.07 Å². The minimum atomic E-state index is 0.166. The largest absolute Gasteiger partial charge is 0.507 e. The van der Waals surface area contributed by atoms with Gasteiger partial charge in [0, 0.05) is 34.8 Å². The highest BCUT2D eigenvalue weighted by Gasteiger charge is 2.35. The van der Waals surface area contributed by atoms with E-state index in [-0.39, 0.29) is 5.75 Å². The van der Waals surface area contributed by atoms with Crippen LogP contribution in [0.25, 0.3) is 33.4 Å². The number of nitrogens with one attached hydrogen (secondary N) is 2. The van der Waals surface area contributed by atoms with Crippen LogP contribution in [0.1, 0.15) is 31.7 Å². The average molecular weight is 387 g/mol. The number of rotatable bonds is 3. The fourth-order valence-electron chi connectivity index (χ4n) is 4.81. The Morgan fingerprint density at radius 1 is 1.00 bits per heavy atom. The maximum Gasteiger partial charge on any atom is 0.180 e. The van der Waals surface area contributed by atoms with Crippen molar-refractivity contribution < 1.29 is 5.11 Å². The summed E-state index contributed by atoms with van der Waals surface area (Å²) >= 11 is 0. The summed E-state index contributed by atoms with van der Waals surface area (Å²) in [4.78, 5) is 0. The van der Waals surface area contributed by atoms with Crippen LogP contribution in [-0.2, 0) is 0 Å². The van der Waals surface area contributed by atoms with Crippen LogP contribution in [0.4, 0.5) is 0 Å². The fourth-order valence-corrected chi connectivity index (χ4v) is 4.81. The van der Waals surface area contributed by atoms with Crippen LogP contribution < -0.4 is 5.32 Å². The van der Waals surface area contributed by atoms with Crippen molar-refractivity contribution in [3.05, 3.63) is 42.9 Å². The highest BCUT2D eigenvalue weighted by atomic mass is 16.3. The lowest BCUT2D eigenvalue weighted by Gasteiger charge is -2.29. The van der Waals surface area contributed by atoms with E-state index in [1.165, 1.54) is 12.8 Å². The lowest BCUT2D eigenvalue weighted by Crippen LogP contribution is -2.39. The Balaban J connectivity index is 1.34. The normalized spacial score (nSPS) is 23.7. The number of aromatic amines is 1. The second-order valence-electron chi connectivity index (χ2n) is 8.08. The molecule has 3 aromatic heterocycles. The van der Waals surface area contributed by atoms with Gasteiger partial charge in [-0.05, 0) is 49.4 Å². The van der Waals surface area contributed by atoms with E-state index in [4.69, 9.17) is 0 Å². The maximum atomic E-state index is 10.6. The van der Waals surface area contributed by atoms with E-state index in [1.54, 1.807) is 18.5 Å². The van der Waals surface area contributed by atoms with Crippen molar-refractivity contribution in [2.75, 3.05) is 0 Å². The molecule has 2 bridgehead atoms. The second kappa shape index (κ2) is 6.38. The van der Waals surface area contributed by atoms with Gasteiger partial charge in [-0.25, -0.2) is 4.68 Å². The molecular formula is C21H21N7O. The number of hydrogen-bond donors (Lipinski definition) is 3. The monoisotopic (exact) mass is 387 g/mol. The van der Waals surface area contributed by atoms with Gasteiger partial charge in [0.1, 0.15) is 5.75 Å². The van der Waals surface area contributed by atoms with Gasteiger partial charge in [-0.2, -0.15) is 10.2 Å². The number of nitrogens with zero attached hydrogens (tertiary/aromatic N) is 5. The van der Waals surface area contributed by atoms with Crippen molar-refractivity contribution in [1.29, 1.82) is 0 Å². The highest BCUT2D eigenvalue weighted by molar-refractivity contribution is 5.81. The summed E-state index contributed by atoms with van der Waals surface area (Å²) < 4.78 is 2.04. The molecule has 6 rings (SSSR count). The van der Waals surface area contributed by atoms with E-state index in [9.17, 15) is 5.11 Å². The Hall–Kier alpha value is -3.26. The SMILES string of the molecule is Oc1cc(-c2cn[nH]c2)ccc1-c1cc2cnn(C3CC4CCC(C3)N4)c2nn1. The quantitative estimate of drug-likeness (QED) is 0.499. The molecule has 146 valence electrons. The zero-order valence-corrected chi connectivity index (χ0v) is 15.8. The molecule has 1 aromatic carbocycles. The molecule has 0 spiro atoms. The summed E-state index contributed by atoms with van der Waals surface area (Å²) in [5.41, 5.74) is 3.92. The van der Waals surface area contributed by atoms with E-state index in [1.807, 2.05) is 29.1 Å². The lowest BCUT2D eigenvalue weighted by atomic mass is 10.00. The summed E-state index contributed by atoms with van der Waals surface area (Å²) in [5.74, 6) is 0.166. The third-order valence-corrected chi connectivity index (χ3v) is 6.24. The van der Waals surface area contributed by atoms with E-state index < -0.39 is 0 Å². The average Bonchev–Trinajstić information content (AvgIpc) is 3.47. The molecule has 2 saturated heterocycles. The summed E-state index contributed by atoms with van der Waals surface area (Å²) in [5, 5.41) is 35.4. The molecule has 2 atom stereocenters. The van der Waals surface area contributed by atoms with E-state index in [0.717, 1.165) is 35.0 Å². The topological polar surface area (TPSA) is 105 Å². The number of fused-ring (bicyclic) bond motifs is 3. The number of aromatic hydroxyl groups is 1. The third-order valence-electron chi connectivity index (χ3n) is 6.24. The van der Waals surface area contributed by atoms with Crippen LogP contribution in [-0.4, -0.2) is 47.4 Å². The Bertz CT molecular complexity index is 1170. The van der Waals surface area contributed by atoms with Crippen LogP contribution in [0.3, 0.4) is 0 Å². The van der Waals surface area contributed by atoms with Crippen molar-refractivity contribution in [2.45, 2.75) is 43.8 Å². The lowest BCUT2D eigenvalue weighted by molar-refractivity contribution is 0.286. The van der Waals surface area contributed by atoms with Gasteiger partial charge < -0.3 is 10.4 Å². The summed E-state index contributed by atoms with van der Waals surface area (Å²) in [7, 11) is 0. The molecule has 2 fully saturated rings. The molecule has 29 heavy (non-hydrogen) atoms. The van der Waals surface area contributed by atoms with Crippen LogP contribution in [0.15, 0.2) is 42.9 Å². The highest BCUT2D eigenvalue weighted by Crippen LogP contribution is 2.36. The van der Waals surface area contributed by atoms with Crippen molar-refractivity contribution in [3.63, 3.8) is 0 Å². The van der Waals surface area contributed by atoms with Crippen LogP contribution >= 0.6 is 0 Å². The predicted octanol–water partition coefficient (Wildman–Crippen LogP) is 3.04. The van der Waals surface area contributed by atoms with Gasteiger partial charge in [0.15, 0.2) is 5.65 Å². The van der Waals surface area contributed by atoms with Gasteiger partial charge in [-0.3, -0.25) is 5.10 Å². The summed E-state index contributed by atoms with van der Waals surface area (Å²) in [6.45, 7) is 0. The number of benzene rings is 1. The van der Waals surface area contributed by atoms with Gasteiger partial charge in [-0.15, -0.1) is 10.2 Å². The van der Waals surface area contributed by atoms with Crippen LogP contribution in [0, 0.1) is 0 Å². The predicted molar refractivity (Wildman–Crippen MR) is 108 cm³/mol. The smallest absolute Gasteiger partial charge is 0.180 e. The second-order valence-corrected chi connectivity index (χ2v) is 8.08. The maximum absolute atomic E-state index is 10.6. The summed E-state index contributed by atoms with van der Waals surface area (Å²) in [6, 6.07) is 9.04. The Labute approximate surface area is 167 Å². The molecule has 4 aromatic rings. The van der Waals surface area contributed by atoms with E-state index in [0.29, 0.717) is 29.4 Å². The van der Waals surface area contributed by atoms with Crippen molar-refractivity contribution in [1.82, 2.24) is 35.5 Å². The van der Waals surface area contributed by atoms with Crippen LogP contribution in [0.5, 0.6) is 5.75 Å². The first kappa shape index (κ1) is 16.7. The van der Waals surface area contributed by atoms with Gasteiger partial charge in [0.05, 0.1) is 24.1 Å². The first-order chi connectivity index (χ1) is 14.2. The molecule has 3 N–H and O–H groups in total. The third kappa shape index (κ3) is 2.79. The molecule has 8 nitrogen and oxygen atoms in total. The molecule has 2 unspecified atom stereocenters. The number of hydrogen-bond acceptors (Lipinski definition) is 6. The Morgan fingerprint density at radius 2 is 1.86 bits per heavy atom. The van der Waals surface area contributed by atoms with Crippen molar-refractivity contribution in [2.24, 2.45) is 0 Å². The minimum Gasteiger partial charge on any atom is -0.507 e. The van der Waals surface area contributed by atoms with E-state index in [2.05, 4.69) is 30.8 Å². The van der Waals surface area contributed by atoms with E-state index >= 15 is 0 Å². The molecule has 8 heteroatoms. The Kier molecular flexibility index (Phi) is 3.67. The molecule has 0 amide bonds. The zero-order valence-electron chi connectivity index (χ0n) is 15.8. The number of phenols is 1. The Morgan fingerprint density at radius 3 is 2.62 bits per heavy atom. The molecule has 5 heterocycles. The zero-order chi connectivity index (χ0) is 19.4. The number of phenolic OH excluding ortho intramolecular Hbond substituents is 1. The van der Waals surface area contributed by atoms with Crippen molar-refractivity contribution in [3.8, 4) is 28.1 Å². The fraction of sp³-hybridized carbons (Fsp3) is 0.333. The first-order valence-corrected chi connectivity index (χ1v) is 10.0. The van der Waals surface area contributed by atoms with Gasteiger partial charge >= 0.3 is 0 Å². The number of piperidine rings is 1. The summed E-state index contributed by atoms with van der Waals surface area (Å²) in [6.07, 6.45) is 10.1. The molecule has 0 aliphatic carbocycles. The molecule has 0 radical (unpaired) electrons. The minimum absolute atomic E-state index is 0.166. The standard InChI is InChI=1S/C21H21N7O/c29-20-6-12(14-9-22-23-10-14)1-4-18(20)19-5-13-11-24-28(21(13)27-26-19)17-7-15-2-3-16(8-17)25-15/h1,4-6,9-11,15-17,25,29H,2-3,7-8H2,(H,22,23). The van der Waals surface area contributed by atoms with Gasteiger partial charge in [0.25, 0.3) is 0 Å². The molecular weight excluding hydrogens is 366 g/mol. The molecule has 0 saturated carbocycles. The molecule has 2 aliphatic heterocycles. The van der Waals surface area contributed by atoms with Gasteiger partial charge in [0.2, 0.25) is 0 Å². The first-order valence-electron chi connectivity index (χ1n) is 10.0. The van der Waals surface area contributed by atoms with Crippen LogP contribution in [0.2, 0.25) is 0 Å². The number of H-pyrrole nitrogens is 1.